The number of hydrogen-bond donors (Lipinski definition) is 2. The van der Waals surface area contributed by atoms with Crippen molar-refractivity contribution in [2.75, 3.05) is 0 Å². The Morgan fingerprint density at radius 2 is 2.26 bits per heavy atom. The second-order valence-electron chi connectivity index (χ2n) is 4.30. The molecule has 102 valence electrons. The Kier molecular flexibility index (Phi) is 3.84. The summed E-state index contributed by atoms with van der Waals surface area (Å²) in [5.41, 5.74) is -0.891. The van der Waals surface area contributed by atoms with Crippen LogP contribution < -0.4 is 11.2 Å². The first kappa shape index (κ1) is 13.5. The van der Waals surface area contributed by atoms with Crippen molar-refractivity contribution in [2.45, 2.75) is 32.7 Å². The number of thiazole rings is 1. The number of aromatic nitrogens is 3. The minimum absolute atomic E-state index is 0.0146. The first-order valence-corrected chi connectivity index (χ1v) is 6.86. The molecule has 0 aliphatic heterocycles. The number of aromatic amines is 1. The van der Waals surface area contributed by atoms with E-state index in [1.807, 2.05) is 12.3 Å². The van der Waals surface area contributed by atoms with Gasteiger partial charge < -0.3 is 5.11 Å². The summed E-state index contributed by atoms with van der Waals surface area (Å²) in [7, 11) is 0. The minimum atomic E-state index is -0.594. The lowest BCUT2D eigenvalue weighted by molar-refractivity contribution is 0.383. The predicted octanol–water partition coefficient (Wildman–Crippen LogP) is 1.06. The smallest absolute Gasteiger partial charge is 0.331 e. The molecule has 0 aliphatic carbocycles. The third-order valence-corrected chi connectivity index (χ3v) is 3.96. The van der Waals surface area contributed by atoms with Crippen LogP contribution in [-0.4, -0.2) is 19.6 Å². The number of aromatic hydroxyl groups is 1. The fourth-order valence-corrected chi connectivity index (χ4v) is 2.61. The molecule has 0 radical (unpaired) electrons. The summed E-state index contributed by atoms with van der Waals surface area (Å²) in [6, 6.07) is 0. The van der Waals surface area contributed by atoms with Gasteiger partial charge in [0.15, 0.2) is 0 Å². The lowest BCUT2D eigenvalue weighted by Crippen LogP contribution is -2.33. The Labute approximate surface area is 113 Å². The van der Waals surface area contributed by atoms with Gasteiger partial charge in [0.05, 0.1) is 10.6 Å². The Balaban J connectivity index is 2.41. The third-order valence-electron chi connectivity index (χ3n) is 2.95. The van der Waals surface area contributed by atoms with Gasteiger partial charge in [-0.05, 0) is 6.42 Å². The molecule has 0 spiro atoms. The summed E-state index contributed by atoms with van der Waals surface area (Å²) in [4.78, 5) is 29.7. The van der Waals surface area contributed by atoms with Crippen molar-refractivity contribution in [2.24, 2.45) is 0 Å². The van der Waals surface area contributed by atoms with Gasteiger partial charge in [0.1, 0.15) is 0 Å². The van der Waals surface area contributed by atoms with Crippen molar-refractivity contribution in [3.05, 3.63) is 43.0 Å². The highest BCUT2D eigenvalue weighted by Crippen LogP contribution is 2.21. The molecule has 19 heavy (non-hydrogen) atoms. The van der Waals surface area contributed by atoms with E-state index >= 15 is 0 Å². The van der Waals surface area contributed by atoms with Crippen LogP contribution in [0.25, 0.3) is 0 Å². The molecular formula is C12H15N3O3S. The van der Waals surface area contributed by atoms with Crippen LogP contribution in [0.1, 0.15) is 30.3 Å². The van der Waals surface area contributed by atoms with Gasteiger partial charge >= 0.3 is 5.69 Å². The average molecular weight is 281 g/mol. The monoisotopic (exact) mass is 281 g/mol. The van der Waals surface area contributed by atoms with E-state index in [1.54, 1.807) is 13.1 Å². The second kappa shape index (κ2) is 5.40. The van der Waals surface area contributed by atoms with Crippen LogP contribution in [0.5, 0.6) is 5.88 Å². The lowest BCUT2D eigenvalue weighted by Gasteiger charge is -2.13. The fraction of sp³-hybridized carbons (Fsp3) is 0.417. The number of nitrogens with zero attached hydrogens (tertiary/aromatic N) is 2. The topological polar surface area (TPSA) is 88.0 Å². The van der Waals surface area contributed by atoms with Crippen LogP contribution in [0.3, 0.4) is 0 Å². The van der Waals surface area contributed by atoms with Crippen molar-refractivity contribution in [3.63, 3.8) is 0 Å². The minimum Gasteiger partial charge on any atom is -0.494 e. The van der Waals surface area contributed by atoms with Gasteiger partial charge in [-0.25, -0.2) is 9.78 Å². The van der Waals surface area contributed by atoms with Gasteiger partial charge in [0, 0.05) is 24.0 Å². The van der Waals surface area contributed by atoms with E-state index in [1.165, 1.54) is 15.9 Å². The summed E-state index contributed by atoms with van der Waals surface area (Å²) in [5, 5.41) is 12.8. The van der Waals surface area contributed by atoms with Crippen LogP contribution in [0, 0.1) is 0 Å². The molecule has 2 aromatic heterocycles. The molecular weight excluding hydrogens is 266 g/mol. The van der Waals surface area contributed by atoms with Gasteiger partial charge in [-0.15, -0.1) is 11.3 Å². The summed E-state index contributed by atoms with van der Waals surface area (Å²) >= 11 is 1.50. The average Bonchev–Trinajstić information content (AvgIpc) is 2.88. The van der Waals surface area contributed by atoms with E-state index in [9.17, 15) is 14.7 Å². The predicted molar refractivity (Wildman–Crippen MR) is 72.9 cm³/mol. The molecule has 2 rings (SSSR count). The zero-order valence-corrected chi connectivity index (χ0v) is 11.5. The largest absolute Gasteiger partial charge is 0.494 e. The van der Waals surface area contributed by atoms with Gasteiger partial charge in [0.2, 0.25) is 5.88 Å². The maximum Gasteiger partial charge on any atom is 0.331 e. The van der Waals surface area contributed by atoms with E-state index in [0.29, 0.717) is 6.42 Å². The summed E-state index contributed by atoms with van der Waals surface area (Å²) in [6.45, 7) is 3.95. The van der Waals surface area contributed by atoms with Gasteiger partial charge in [-0.2, -0.15) is 0 Å². The molecule has 0 fully saturated rings. The lowest BCUT2D eigenvalue weighted by atomic mass is 10.2. The van der Waals surface area contributed by atoms with Crippen molar-refractivity contribution in [1.82, 2.24) is 14.5 Å². The van der Waals surface area contributed by atoms with E-state index in [4.69, 9.17) is 0 Å². The highest BCUT2D eigenvalue weighted by Gasteiger charge is 2.16. The van der Waals surface area contributed by atoms with Crippen LogP contribution in [0.15, 0.2) is 21.2 Å². The molecule has 6 nitrogen and oxygen atoms in total. The highest BCUT2D eigenvalue weighted by molar-refractivity contribution is 7.09. The van der Waals surface area contributed by atoms with Crippen molar-refractivity contribution in [3.8, 4) is 5.88 Å². The fourth-order valence-electron chi connectivity index (χ4n) is 1.92. The SMILES string of the molecule is CCc1c(O)n(CC(C)c2nccs2)c(=O)[nH]c1=O. The van der Waals surface area contributed by atoms with E-state index < -0.39 is 11.2 Å². The number of nitrogens with one attached hydrogen (secondary N) is 1. The molecule has 0 saturated carbocycles. The molecule has 2 N–H and O–H groups in total. The molecule has 0 amide bonds. The Hall–Kier alpha value is -1.89. The highest BCUT2D eigenvalue weighted by atomic mass is 32.1. The maximum atomic E-state index is 11.8. The molecule has 7 heteroatoms. The summed E-state index contributed by atoms with van der Waals surface area (Å²) < 4.78 is 1.19. The number of hydrogen-bond acceptors (Lipinski definition) is 5. The molecule has 1 atom stereocenters. The second-order valence-corrected chi connectivity index (χ2v) is 5.22. The maximum absolute atomic E-state index is 11.8. The third kappa shape index (κ3) is 2.60. The molecule has 2 aromatic rings. The van der Waals surface area contributed by atoms with E-state index in [0.717, 1.165) is 5.01 Å². The number of rotatable bonds is 4. The van der Waals surface area contributed by atoms with E-state index in [-0.39, 0.29) is 23.9 Å². The van der Waals surface area contributed by atoms with Crippen molar-refractivity contribution in [1.29, 1.82) is 0 Å². The van der Waals surface area contributed by atoms with Crippen molar-refractivity contribution >= 4 is 11.3 Å². The van der Waals surface area contributed by atoms with E-state index in [2.05, 4.69) is 9.97 Å². The standard InChI is InChI=1S/C12H15N3O3S/c1-3-8-9(16)14-12(18)15(11(8)17)6-7(2)10-13-4-5-19-10/h4-5,7,17H,3,6H2,1-2H3,(H,14,16,18). The quantitative estimate of drug-likeness (QED) is 0.877. The summed E-state index contributed by atoms with van der Waals surface area (Å²) in [5.74, 6) is -0.265. The van der Waals surface area contributed by atoms with Crippen LogP contribution >= 0.6 is 11.3 Å². The molecule has 0 aromatic carbocycles. The molecule has 0 aliphatic rings. The molecule has 0 saturated heterocycles. The normalized spacial score (nSPS) is 12.5. The van der Waals surface area contributed by atoms with Crippen LogP contribution in [0.4, 0.5) is 0 Å². The van der Waals surface area contributed by atoms with Gasteiger partial charge in [-0.3, -0.25) is 14.3 Å². The first-order chi connectivity index (χ1) is 9.04. The van der Waals surface area contributed by atoms with Crippen molar-refractivity contribution < 1.29 is 5.11 Å². The first-order valence-electron chi connectivity index (χ1n) is 5.99. The Morgan fingerprint density at radius 1 is 1.53 bits per heavy atom. The Bertz CT molecular complexity index is 673. The summed E-state index contributed by atoms with van der Waals surface area (Å²) in [6.07, 6.45) is 2.07. The molecule has 1 unspecified atom stereocenters. The zero-order chi connectivity index (χ0) is 14.0. The van der Waals surface area contributed by atoms with Gasteiger partial charge in [0.25, 0.3) is 5.56 Å². The van der Waals surface area contributed by atoms with Gasteiger partial charge in [-0.1, -0.05) is 13.8 Å². The number of H-pyrrole nitrogens is 1. The van der Waals surface area contributed by atoms with Crippen LogP contribution in [-0.2, 0) is 13.0 Å². The molecule has 2 heterocycles. The Morgan fingerprint density at radius 3 is 2.84 bits per heavy atom. The van der Waals surface area contributed by atoms with Crippen LogP contribution in [0.2, 0.25) is 0 Å². The zero-order valence-electron chi connectivity index (χ0n) is 10.7. The molecule has 0 bridgehead atoms.